The summed E-state index contributed by atoms with van der Waals surface area (Å²) in [6.07, 6.45) is 0. The number of amides is 1. The van der Waals surface area contributed by atoms with Gasteiger partial charge >= 0.3 is 0 Å². The fraction of sp³-hybridized carbons (Fsp3) is 0.562. The Hall–Kier alpha value is -0.870. The van der Waals surface area contributed by atoms with Crippen LogP contribution in [-0.2, 0) is 0 Å². The minimum Gasteiger partial charge on any atom is -0.348 e. The lowest BCUT2D eigenvalue weighted by atomic mass is 9.48. The number of benzene rings is 1. The first-order valence-corrected chi connectivity index (χ1v) is 7.70. The number of nitrogens with one attached hydrogen (secondary N) is 1. The molecule has 0 unspecified atom stereocenters. The van der Waals surface area contributed by atoms with E-state index < -0.39 is 0 Å². The molecule has 0 spiro atoms. The van der Waals surface area contributed by atoms with Crippen LogP contribution in [0.2, 0.25) is 0 Å². The third kappa shape index (κ3) is 2.29. The molecule has 0 bridgehead atoms. The van der Waals surface area contributed by atoms with Crippen LogP contribution in [0.1, 0.15) is 43.6 Å². The van der Waals surface area contributed by atoms with Gasteiger partial charge in [-0.2, -0.15) is 0 Å². The summed E-state index contributed by atoms with van der Waals surface area (Å²) in [5.74, 6) is -0.0261. The minimum absolute atomic E-state index is 0.0261. The topological polar surface area (TPSA) is 55.1 Å². The summed E-state index contributed by atoms with van der Waals surface area (Å²) in [4.78, 5) is 12.5. The fourth-order valence-corrected chi connectivity index (χ4v) is 3.96. The first-order valence-electron chi connectivity index (χ1n) is 6.91. The Morgan fingerprint density at radius 3 is 2.35 bits per heavy atom. The van der Waals surface area contributed by atoms with Gasteiger partial charge in [-0.15, -0.1) is 0 Å². The molecule has 3 N–H and O–H groups in total. The number of hydrogen-bond acceptors (Lipinski definition) is 2. The van der Waals surface area contributed by atoms with Crippen LogP contribution in [0.15, 0.2) is 22.7 Å². The molecule has 3 nitrogen and oxygen atoms in total. The third-order valence-corrected chi connectivity index (χ3v) is 5.30. The highest BCUT2D eigenvalue weighted by atomic mass is 79.9. The van der Waals surface area contributed by atoms with Gasteiger partial charge in [0, 0.05) is 32.9 Å². The van der Waals surface area contributed by atoms with Crippen LogP contribution >= 0.6 is 15.9 Å². The highest BCUT2D eigenvalue weighted by Gasteiger charge is 2.60. The zero-order chi connectivity index (χ0) is 15.3. The highest BCUT2D eigenvalue weighted by Crippen LogP contribution is 2.52. The Balaban J connectivity index is 2.22. The molecule has 110 valence electrons. The summed E-state index contributed by atoms with van der Waals surface area (Å²) in [5.41, 5.74) is 7.76. The lowest BCUT2D eigenvalue weighted by Crippen LogP contribution is -2.76. The van der Waals surface area contributed by atoms with Gasteiger partial charge < -0.3 is 11.1 Å². The van der Waals surface area contributed by atoms with Crippen LogP contribution in [0.4, 0.5) is 0 Å². The molecular weight excluding hydrogens is 316 g/mol. The molecule has 0 aromatic heterocycles. The number of rotatable bonds is 2. The van der Waals surface area contributed by atoms with Crippen molar-refractivity contribution in [3.8, 4) is 0 Å². The van der Waals surface area contributed by atoms with Gasteiger partial charge in [-0.25, -0.2) is 0 Å². The average molecular weight is 339 g/mol. The van der Waals surface area contributed by atoms with Gasteiger partial charge in [0.1, 0.15) is 0 Å². The lowest BCUT2D eigenvalue weighted by Gasteiger charge is -2.62. The number of halogens is 1. The molecule has 1 aliphatic carbocycles. The average Bonchev–Trinajstić information content (AvgIpc) is 2.37. The monoisotopic (exact) mass is 338 g/mol. The van der Waals surface area contributed by atoms with Crippen molar-refractivity contribution in [2.45, 2.75) is 46.7 Å². The Morgan fingerprint density at radius 2 is 1.80 bits per heavy atom. The Kier molecular flexibility index (Phi) is 3.76. The van der Waals surface area contributed by atoms with Gasteiger partial charge in [-0.1, -0.05) is 49.7 Å². The smallest absolute Gasteiger partial charge is 0.251 e. The van der Waals surface area contributed by atoms with E-state index in [9.17, 15) is 4.79 Å². The summed E-state index contributed by atoms with van der Waals surface area (Å²) >= 11 is 3.42. The third-order valence-electron chi connectivity index (χ3n) is 4.81. The molecule has 0 atom stereocenters. The number of carbonyl (C=O) groups is 1. The molecule has 1 saturated carbocycles. The number of carbonyl (C=O) groups excluding carboxylic acids is 1. The van der Waals surface area contributed by atoms with Gasteiger partial charge in [-0.05, 0) is 24.6 Å². The van der Waals surface area contributed by atoms with Crippen molar-refractivity contribution in [3.05, 3.63) is 33.8 Å². The van der Waals surface area contributed by atoms with E-state index in [4.69, 9.17) is 5.73 Å². The molecule has 0 heterocycles. The second-order valence-electron chi connectivity index (χ2n) is 6.99. The van der Waals surface area contributed by atoms with E-state index in [1.165, 1.54) is 0 Å². The first kappa shape index (κ1) is 15.5. The molecule has 0 saturated heterocycles. The van der Waals surface area contributed by atoms with Crippen LogP contribution < -0.4 is 11.1 Å². The van der Waals surface area contributed by atoms with Gasteiger partial charge in [0.25, 0.3) is 5.91 Å². The summed E-state index contributed by atoms with van der Waals surface area (Å²) in [5, 5.41) is 3.17. The SMILES string of the molecule is Cc1ccc(Br)cc1C(=O)NC1C(C)(C)C(N)C1(C)C. The predicted molar refractivity (Wildman–Crippen MR) is 85.7 cm³/mol. The second kappa shape index (κ2) is 4.85. The largest absolute Gasteiger partial charge is 0.348 e. The quantitative estimate of drug-likeness (QED) is 0.869. The number of nitrogens with two attached hydrogens (primary N) is 1. The second-order valence-corrected chi connectivity index (χ2v) is 7.90. The van der Waals surface area contributed by atoms with Crippen molar-refractivity contribution in [3.63, 3.8) is 0 Å². The Bertz CT molecular complexity index is 535. The molecule has 1 aliphatic rings. The van der Waals surface area contributed by atoms with E-state index in [2.05, 4.69) is 48.9 Å². The fourth-order valence-electron chi connectivity index (χ4n) is 3.60. The van der Waals surface area contributed by atoms with Crippen molar-refractivity contribution in [2.24, 2.45) is 16.6 Å². The summed E-state index contributed by atoms with van der Waals surface area (Å²) in [7, 11) is 0. The number of aryl methyl sites for hydroxylation is 1. The molecule has 4 heteroatoms. The molecule has 0 aliphatic heterocycles. The van der Waals surface area contributed by atoms with Gasteiger partial charge in [0.15, 0.2) is 0 Å². The van der Waals surface area contributed by atoms with Crippen molar-refractivity contribution in [1.82, 2.24) is 5.32 Å². The molecular formula is C16H23BrN2O. The van der Waals surface area contributed by atoms with Gasteiger partial charge in [-0.3, -0.25) is 4.79 Å². The minimum atomic E-state index is -0.0842. The summed E-state index contributed by atoms with van der Waals surface area (Å²) in [6, 6.07) is 5.92. The van der Waals surface area contributed by atoms with Crippen LogP contribution in [0, 0.1) is 17.8 Å². The Morgan fingerprint density at radius 1 is 1.25 bits per heavy atom. The van der Waals surface area contributed by atoms with E-state index in [1.807, 2.05) is 25.1 Å². The summed E-state index contributed by atoms with van der Waals surface area (Å²) < 4.78 is 0.914. The predicted octanol–water partition coefficient (Wildman–Crippen LogP) is 3.25. The van der Waals surface area contributed by atoms with E-state index in [1.54, 1.807) is 0 Å². The van der Waals surface area contributed by atoms with Gasteiger partial charge in [0.2, 0.25) is 0 Å². The molecule has 20 heavy (non-hydrogen) atoms. The lowest BCUT2D eigenvalue weighted by molar-refractivity contribution is -0.0663. The normalized spacial score (nSPS) is 26.8. The maximum absolute atomic E-state index is 12.5. The van der Waals surface area contributed by atoms with Crippen LogP contribution in [0.3, 0.4) is 0 Å². The van der Waals surface area contributed by atoms with E-state index in [0.29, 0.717) is 5.56 Å². The van der Waals surface area contributed by atoms with E-state index >= 15 is 0 Å². The molecule has 2 rings (SSSR count). The zero-order valence-electron chi connectivity index (χ0n) is 12.8. The highest BCUT2D eigenvalue weighted by molar-refractivity contribution is 9.10. The molecule has 1 fully saturated rings. The van der Waals surface area contributed by atoms with Crippen molar-refractivity contribution < 1.29 is 4.79 Å². The molecule has 1 aromatic rings. The standard InChI is InChI=1S/C16H23BrN2O/c1-9-6-7-10(17)8-11(9)12(20)19-14-15(2,3)13(18)16(14,4)5/h6-8,13-14H,18H2,1-5H3,(H,19,20). The molecule has 1 aromatic carbocycles. The van der Waals surface area contributed by atoms with Crippen LogP contribution in [-0.4, -0.2) is 18.0 Å². The Labute approximate surface area is 129 Å². The van der Waals surface area contributed by atoms with Crippen LogP contribution in [0.25, 0.3) is 0 Å². The zero-order valence-corrected chi connectivity index (χ0v) is 14.3. The first-order chi connectivity index (χ1) is 9.08. The maximum atomic E-state index is 12.5. The van der Waals surface area contributed by atoms with Crippen molar-refractivity contribution in [1.29, 1.82) is 0 Å². The van der Waals surface area contributed by atoms with E-state index in [0.717, 1.165) is 10.0 Å². The summed E-state index contributed by atoms with van der Waals surface area (Å²) in [6.45, 7) is 10.4. The molecule has 0 radical (unpaired) electrons. The van der Waals surface area contributed by atoms with E-state index in [-0.39, 0.29) is 28.8 Å². The van der Waals surface area contributed by atoms with Gasteiger partial charge in [0.05, 0.1) is 0 Å². The molecule has 1 amide bonds. The van der Waals surface area contributed by atoms with Crippen molar-refractivity contribution in [2.75, 3.05) is 0 Å². The van der Waals surface area contributed by atoms with Crippen LogP contribution in [0.5, 0.6) is 0 Å². The van der Waals surface area contributed by atoms with Crippen molar-refractivity contribution >= 4 is 21.8 Å². The maximum Gasteiger partial charge on any atom is 0.251 e. The number of hydrogen-bond donors (Lipinski definition) is 2.